The van der Waals surface area contributed by atoms with Crippen LogP contribution in [0.4, 0.5) is 0 Å². The summed E-state index contributed by atoms with van der Waals surface area (Å²) >= 11 is 0. The third-order valence-corrected chi connectivity index (χ3v) is 4.29. The van der Waals surface area contributed by atoms with E-state index in [0.717, 1.165) is 0 Å². The maximum absolute atomic E-state index is 13.1. The van der Waals surface area contributed by atoms with Gasteiger partial charge in [0.15, 0.2) is 0 Å². The topological polar surface area (TPSA) is 90.7 Å². The van der Waals surface area contributed by atoms with Crippen molar-refractivity contribution in [1.82, 2.24) is 9.55 Å². The number of hydrogen-bond donors (Lipinski definition) is 1. The van der Waals surface area contributed by atoms with Gasteiger partial charge in [-0.15, -0.1) is 0 Å². The summed E-state index contributed by atoms with van der Waals surface area (Å²) in [6.45, 7) is 2.75. The molecule has 0 bridgehead atoms. The van der Waals surface area contributed by atoms with Crippen LogP contribution < -0.4 is 5.56 Å². The van der Waals surface area contributed by atoms with E-state index in [1.54, 1.807) is 49.2 Å². The summed E-state index contributed by atoms with van der Waals surface area (Å²) in [7, 11) is 2.90. The summed E-state index contributed by atoms with van der Waals surface area (Å²) in [5.41, 5.74) is 1.16. The molecular weight excluding hydrogens is 336 g/mol. The van der Waals surface area contributed by atoms with Gasteiger partial charge in [0.05, 0.1) is 19.1 Å². The van der Waals surface area contributed by atoms with Crippen LogP contribution >= 0.6 is 0 Å². The van der Waals surface area contributed by atoms with Crippen LogP contribution in [0.5, 0.6) is 5.75 Å². The van der Waals surface area contributed by atoms with E-state index in [9.17, 15) is 14.7 Å². The molecule has 2 aromatic rings. The van der Waals surface area contributed by atoms with Gasteiger partial charge < -0.3 is 19.1 Å². The van der Waals surface area contributed by atoms with Crippen LogP contribution in [0.25, 0.3) is 0 Å². The molecule has 0 aromatic carbocycles. The molecule has 0 amide bonds. The minimum absolute atomic E-state index is 0.0634. The number of pyridine rings is 2. The molecule has 0 saturated carbocycles. The van der Waals surface area contributed by atoms with Crippen molar-refractivity contribution in [3.8, 4) is 5.75 Å². The number of ether oxygens (including phenoxy) is 2. The van der Waals surface area contributed by atoms with E-state index in [1.165, 1.54) is 7.11 Å². The quantitative estimate of drug-likeness (QED) is 0.572. The zero-order valence-corrected chi connectivity index (χ0v) is 15.3. The summed E-state index contributed by atoms with van der Waals surface area (Å²) < 4.78 is 11.4. The molecule has 0 aliphatic rings. The Morgan fingerprint density at radius 1 is 1.38 bits per heavy atom. The van der Waals surface area contributed by atoms with Gasteiger partial charge in [0.1, 0.15) is 5.75 Å². The molecule has 140 valence electrons. The summed E-state index contributed by atoms with van der Waals surface area (Å²) in [4.78, 5) is 29.0. The lowest BCUT2D eigenvalue weighted by Crippen LogP contribution is -2.29. The van der Waals surface area contributed by atoms with Gasteiger partial charge in [-0.2, -0.15) is 0 Å². The number of methoxy groups -OCH3 is 2. The Balaban J connectivity index is 2.54. The first-order valence-electron chi connectivity index (χ1n) is 8.38. The van der Waals surface area contributed by atoms with Crippen LogP contribution in [-0.4, -0.2) is 41.5 Å². The van der Waals surface area contributed by atoms with Crippen LogP contribution in [0.1, 0.15) is 35.6 Å². The van der Waals surface area contributed by atoms with Crippen molar-refractivity contribution in [3.05, 3.63) is 57.8 Å². The lowest BCUT2D eigenvalue weighted by atomic mass is 9.89. The summed E-state index contributed by atoms with van der Waals surface area (Å²) in [5, 5.41) is 10.5. The molecule has 2 heterocycles. The van der Waals surface area contributed by atoms with Crippen LogP contribution in [0.2, 0.25) is 0 Å². The molecule has 7 nitrogen and oxygen atoms in total. The number of rotatable bonds is 8. The molecule has 0 spiro atoms. The summed E-state index contributed by atoms with van der Waals surface area (Å²) in [6, 6.07) is 5.04. The zero-order valence-electron chi connectivity index (χ0n) is 15.3. The van der Waals surface area contributed by atoms with Crippen LogP contribution in [0, 0.1) is 6.92 Å². The molecule has 0 aliphatic heterocycles. The number of aromatic hydroxyl groups is 1. The van der Waals surface area contributed by atoms with Crippen LogP contribution in [0.15, 0.2) is 35.4 Å². The van der Waals surface area contributed by atoms with Gasteiger partial charge >= 0.3 is 5.97 Å². The highest BCUT2D eigenvalue weighted by atomic mass is 16.5. The minimum Gasteiger partial charge on any atom is -0.507 e. The van der Waals surface area contributed by atoms with E-state index >= 15 is 0 Å². The lowest BCUT2D eigenvalue weighted by Gasteiger charge is -2.20. The largest absolute Gasteiger partial charge is 0.507 e. The van der Waals surface area contributed by atoms with Gasteiger partial charge in [0, 0.05) is 44.3 Å². The molecule has 0 radical (unpaired) electrons. The monoisotopic (exact) mass is 360 g/mol. The fourth-order valence-electron chi connectivity index (χ4n) is 2.96. The molecule has 0 aliphatic carbocycles. The van der Waals surface area contributed by atoms with Crippen molar-refractivity contribution in [1.29, 1.82) is 0 Å². The second kappa shape index (κ2) is 9.15. The Hall–Kier alpha value is -2.67. The highest BCUT2D eigenvalue weighted by Crippen LogP contribution is 2.32. The summed E-state index contributed by atoms with van der Waals surface area (Å²) in [5.74, 6) is -1.24. The second-order valence-electron chi connectivity index (χ2n) is 6.01. The predicted molar refractivity (Wildman–Crippen MR) is 96.3 cm³/mol. The average Bonchev–Trinajstić information content (AvgIpc) is 2.64. The van der Waals surface area contributed by atoms with E-state index in [4.69, 9.17) is 9.47 Å². The number of nitrogens with zero attached hydrogens (tertiary/aromatic N) is 2. The highest BCUT2D eigenvalue weighted by Gasteiger charge is 2.26. The highest BCUT2D eigenvalue weighted by molar-refractivity contribution is 5.71. The Kier molecular flexibility index (Phi) is 6.91. The molecule has 26 heavy (non-hydrogen) atoms. The molecule has 2 rings (SSSR count). The third kappa shape index (κ3) is 4.49. The molecule has 0 fully saturated rings. The van der Waals surface area contributed by atoms with Gasteiger partial charge in [0.25, 0.3) is 5.56 Å². The number of carbonyl (C=O) groups excluding carboxylic acids is 1. The molecule has 7 heteroatoms. The number of hydrogen-bond acceptors (Lipinski definition) is 6. The number of aromatic nitrogens is 2. The SMILES string of the molecule is COCCCn1c(C)cc(O)c(C(CC(=O)OC)c2cccnc2)c1=O. The van der Waals surface area contributed by atoms with Crippen LogP contribution in [0.3, 0.4) is 0 Å². The Labute approximate surface area is 152 Å². The lowest BCUT2D eigenvalue weighted by molar-refractivity contribution is -0.140. The van der Waals surface area contributed by atoms with Gasteiger partial charge in [-0.25, -0.2) is 0 Å². The molecule has 1 unspecified atom stereocenters. The second-order valence-corrected chi connectivity index (χ2v) is 6.01. The van der Waals surface area contributed by atoms with Crippen molar-refractivity contribution in [3.63, 3.8) is 0 Å². The van der Waals surface area contributed by atoms with Gasteiger partial charge in [-0.05, 0) is 31.0 Å². The van der Waals surface area contributed by atoms with E-state index in [2.05, 4.69) is 4.98 Å². The fraction of sp³-hybridized carbons (Fsp3) is 0.421. The molecule has 1 N–H and O–H groups in total. The van der Waals surface area contributed by atoms with Gasteiger partial charge in [0.2, 0.25) is 0 Å². The maximum atomic E-state index is 13.1. The van der Waals surface area contributed by atoms with E-state index in [-0.39, 0.29) is 23.3 Å². The predicted octanol–water partition coefficient (Wildman–Crippen LogP) is 1.99. The number of carbonyl (C=O) groups is 1. The first-order chi connectivity index (χ1) is 12.5. The van der Waals surface area contributed by atoms with E-state index in [1.807, 2.05) is 0 Å². The van der Waals surface area contributed by atoms with Gasteiger partial charge in [-0.3, -0.25) is 14.6 Å². The Morgan fingerprint density at radius 3 is 2.77 bits per heavy atom. The zero-order chi connectivity index (χ0) is 19.1. The van der Waals surface area contributed by atoms with Crippen molar-refractivity contribution in [2.24, 2.45) is 0 Å². The van der Waals surface area contributed by atoms with Crippen molar-refractivity contribution < 1.29 is 19.4 Å². The van der Waals surface area contributed by atoms with Crippen molar-refractivity contribution >= 4 is 5.97 Å². The first-order valence-corrected chi connectivity index (χ1v) is 8.38. The third-order valence-electron chi connectivity index (χ3n) is 4.29. The smallest absolute Gasteiger partial charge is 0.306 e. The molecule has 2 aromatic heterocycles. The fourth-order valence-corrected chi connectivity index (χ4v) is 2.96. The van der Waals surface area contributed by atoms with Crippen molar-refractivity contribution in [2.75, 3.05) is 20.8 Å². The molecule has 0 saturated heterocycles. The maximum Gasteiger partial charge on any atom is 0.306 e. The Bertz CT molecular complexity index is 802. The van der Waals surface area contributed by atoms with E-state index in [0.29, 0.717) is 30.8 Å². The first kappa shape index (κ1) is 19.7. The minimum atomic E-state index is -0.641. The van der Waals surface area contributed by atoms with Crippen LogP contribution in [-0.2, 0) is 20.8 Å². The number of aryl methyl sites for hydroxylation is 1. The molecule has 1 atom stereocenters. The summed E-state index contributed by atoms with van der Waals surface area (Å²) in [6.07, 6.45) is 3.79. The number of esters is 1. The van der Waals surface area contributed by atoms with E-state index < -0.39 is 11.9 Å². The normalized spacial score (nSPS) is 12.0. The van der Waals surface area contributed by atoms with Gasteiger partial charge in [-0.1, -0.05) is 6.07 Å². The Morgan fingerprint density at radius 2 is 2.15 bits per heavy atom. The van der Waals surface area contributed by atoms with Crippen molar-refractivity contribution in [2.45, 2.75) is 32.2 Å². The standard InChI is InChI=1S/C19H24N2O5/c1-13-10-16(22)18(19(24)21(13)8-5-9-25-2)15(11-17(23)26-3)14-6-4-7-20-12-14/h4,6-7,10,12,15,22H,5,8-9,11H2,1-3H3. The molecular formula is C19H24N2O5. The average molecular weight is 360 g/mol.